The molecule has 0 saturated carbocycles. The number of sulfonamides is 1. The van der Waals surface area contributed by atoms with Crippen LogP contribution in [0.15, 0.2) is 40.4 Å². The number of benzene rings is 1. The van der Waals surface area contributed by atoms with Crippen molar-refractivity contribution in [3.8, 4) is 18.2 Å². The third kappa shape index (κ3) is 6.27. The number of nitrogens with one attached hydrogen (secondary N) is 2. The van der Waals surface area contributed by atoms with Gasteiger partial charge in [-0.1, -0.05) is 26.2 Å². The van der Waals surface area contributed by atoms with E-state index in [1.54, 1.807) is 18.2 Å². The first-order valence-electron chi connectivity index (χ1n) is 7.79. The number of rotatable bonds is 9. The highest BCUT2D eigenvalue weighted by molar-refractivity contribution is 7.89. The number of anilines is 1. The van der Waals surface area contributed by atoms with Crippen LogP contribution in [0.3, 0.4) is 0 Å². The molecule has 25 heavy (non-hydrogen) atoms. The molecule has 1 rings (SSSR count). The van der Waals surface area contributed by atoms with Gasteiger partial charge in [-0.05, 0) is 30.7 Å². The average Bonchev–Trinajstić information content (AvgIpc) is 2.62. The minimum atomic E-state index is -3.58. The van der Waals surface area contributed by atoms with Crippen molar-refractivity contribution in [3.63, 3.8) is 0 Å². The van der Waals surface area contributed by atoms with Crippen LogP contribution in [0.1, 0.15) is 32.6 Å². The number of allylic oxidation sites excluding steroid dienone is 2. The molecule has 1 aromatic carbocycles. The standard InChI is InChI=1S/C17H19N5O2S/c1-2-3-4-5-10-21-25(23,24)16-8-6-15(7-9-16)22-17(13-20)14(11-18)12-19/h6-9,21-22H,2-5,10H2,1H3. The lowest BCUT2D eigenvalue weighted by molar-refractivity contribution is 0.573. The van der Waals surface area contributed by atoms with Crippen molar-refractivity contribution in [1.29, 1.82) is 15.8 Å². The Bertz CT molecular complexity index is 821. The molecule has 0 fully saturated rings. The van der Waals surface area contributed by atoms with Crippen molar-refractivity contribution in [3.05, 3.63) is 35.5 Å². The van der Waals surface area contributed by atoms with Crippen LogP contribution in [-0.2, 0) is 10.0 Å². The van der Waals surface area contributed by atoms with Crippen LogP contribution in [0.2, 0.25) is 0 Å². The van der Waals surface area contributed by atoms with Crippen LogP contribution < -0.4 is 10.0 Å². The van der Waals surface area contributed by atoms with Crippen LogP contribution in [0.25, 0.3) is 0 Å². The maximum Gasteiger partial charge on any atom is 0.240 e. The molecule has 130 valence electrons. The maximum atomic E-state index is 12.2. The summed E-state index contributed by atoms with van der Waals surface area (Å²) in [5, 5.41) is 29.2. The van der Waals surface area contributed by atoms with Crippen LogP contribution in [0.5, 0.6) is 0 Å². The Morgan fingerprint density at radius 3 is 2.16 bits per heavy atom. The molecule has 0 aliphatic rings. The summed E-state index contributed by atoms with van der Waals surface area (Å²) in [6.45, 7) is 2.47. The molecule has 7 nitrogen and oxygen atoms in total. The van der Waals surface area contributed by atoms with E-state index in [0.29, 0.717) is 12.2 Å². The zero-order valence-electron chi connectivity index (χ0n) is 13.9. The fourth-order valence-corrected chi connectivity index (χ4v) is 3.06. The normalized spacial score (nSPS) is 10.2. The van der Waals surface area contributed by atoms with Gasteiger partial charge in [0.1, 0.15) is 23.9 Å². The summed E-state index contributed by atoms with van der Waals surface area (Å²) in [5.74, 6) is 0. The summed E-state index contributed by atoms with van der Waals surface area (Å²) < 4.78 is 26.9. The largest absolute Gasteiger partial charge is 0.345 e. The summed E-state index contributed by atoms with van der Waals surface area (Å²) in [6, 6.07) is 10.7. The molecule has 0 unspecified atom stereocenters. The predicted octanol–water partition coefficient (Wildman–Crippen LogP) is 2.78. The molecule has 2 N–H and O–H groups in total. The highest BCUT2D eigenvalue weighted by Gasteiger charge is 2.13. The SMILES string of the molecule is CCCCCCNS(=O)(=O)c1ccc(NC(C#N)=C(C#N)C#N)cc1. The Balaban J connectivity index is 2.79. The number of nitrogens with zero attached hydrogens (tertiary/aromatic N) is 3. The smallest absolute Gasteiger partial charge is 0.240 e. The van der Waals surface area contributed by atoms with Gasteiger partial charge in [-0.25, -0.2) is 13.1 Å². The first-order chi connectivity index (χ1) is 12.0. The van der Waals surface area contributed by atoms with Crippen LogP contribution in [0.4, 0.5) is 5.69 Å². The molecule has 0 saturated heterocycles. The number of nitriles is 3. The fourth-order valence-electron chi connectivity index (χ4n) is 1.99. The van der Waals surface area contributed by atoms with E-state index in [1.807, 2.05) is 0 Å². The summed E-state index contributed by atoms with van der Waals surface area (Å²) in [5.41, 5.74) is -0.121. The van der Waals surface area contributed by atoms with Crippen molar-refractivity contribution >= 4 is 15.7 Å². The van der Waals surface area contributed by atoms with Gasteiger partial charge < -0.3 is 5.32 Å². The third-order valence-electron chi connectivity index (χ3n) is 3.34. The zero-order valence-corrected chi connectivity index (χ0v) is 14.7. The fraction of sp³-hybridized carbons (Fsp3) is 0.353. The third-order valence-corrected chi connectivity index (χ3v) is 4.82. The van der Waals surface area contributed by atoms with Crippen LogP contribution in [-0.4, -0.2) is 15.0 Å². The summed E-state index contributed by atoms with van der Waals surface area (Å²) in [6.07, 6.45) is 3.92. The minimum Gasteiger partial charge on any atom is -0.345 e. The average molecular weight is 357 g/mol. The molecule has 0 aliphatic heterocycles. The second-order valence-electron chi connectivity index (χ2n) is 5.19. The Morgan fingerprint density at radius 1 is 1.00 bits per heavy atom. The Morgan fingerprint density at radius 2 is 1.64 bits per heavy atom. The molecule has 0 aliphatic carbocycles. The minimum absolute atomic E-state index is 0.108. The van der Waals surface area contributed by atoms with Crippen molar-refractivity contribution in [2.75, 3.05) is 11.9 Å². The van der Waals surface area contributed by atoms with Crippen LogP contribution >= 0.6 is 0 Å². The van der Waals surface area contributed by atoms with E-state index >= 15 is 0 Å². The molecule has 1 aromatic rings. The summed E-state index contributed by atoms with van der Waals surface area (Å²) in [4.78, 5) is 0.108. The second kappa shape index (κ2) is 10.1. The van der Waals surface area contributed by atoms with E-state index in [4.69, 9.17) is 15.8 Å². The Hall–Kier alpha value is -2.86. The van der Waals surface area contributed by atoms with E-state index in [2.05, 4.69) is 17.0 Å². The zero-order chi connectivity index (χ0) is 18.7. The molecule has 0 aromatic heterocycles. The monoisotopic (exact) mass is 357 g/mol. The van der Waals surface area contributed by atoms with Crippen molar-refractivity contribution in [1.82, 2.24) is 4.72 Å². The molecule has 0 spiro atoms. The summed E-state index contributed by atoms with van der Waals surface area (Å²) >= 11 is 0. The maximum absolute atomic E-state index is 12.2. The number of unbranched alkanes of at least 4 members (excludes halogenated alkanes) is 3. The number of hydrogen-bond donors (Lipinski definition) is 2. The lowest BCUT2D eigenvalue weighted by atomic mass is 10.2. The van der Waals surface area contributed by atoms with Crippen molar-refractivity contribution in [2.45, 2.75) is 37.5 Å². The molecular formula is C17H19N5O2S. The lowest BCUT2D eigenvalue weighted by Crippen LogP contribution is -2.24. The molecule has 0 atom stereocenters. The first-order valence-corrected chi connectivity index (χ1v) is 9.28. The van der Waals surface area contributed by atoms with E-state index < -0.39 is 10.0 Å². The van der Waals surface area contributed by atoms with Gasteiger partial charge in [0, 0.05) is 12.2 Å². The molecule has 0 bridgehead atoms. The van der Waals surface area contributed by atoms with Crippen molar-refractivity contribution < 1.29 is 8.42 Å². The predicted molar refractivity (Wildman–Crippen MR) is 93.3 cm³/mol. The lowest BCUT2D eigenvalue weighted by Gasteiger charge is -2.08. The van der Waals surface area contributed by atoms with E-state index in [1.165, 1.54) is 24.3 Å². The molecule has 0 heterocycles. The van der Waals surface area contributed by atoms with Gasteiger partial charge >= 0.3 is 0 Å². The topological polar surface area (TPSA) is 130 Å². The van der Waals surface area contributed by atoms with Gasteiger partial charge in [0.15, 0.2) is 5.57 Å². The summed E-state index contributed by atoms with van der Waals surface area (Å²) in [7, 11) is -3.58. The van der Waals surface area contributed by atoms with Gasteiger partial charge in [-0.15, -0.1) is 0 Å². The first kappa shape index (κ1) is 20.2. The molecule has 0 amide bonds. The van der Waals surface area contributed by atoms with Gasteiger partial charge in [-0.3, -0.25) is 0 Å². The highest BCUT2D eigenvalue weighted by Crippen LogP contribution is 2.16. The Kier molecular flexibility index (Phi) is 8.15. The van der Waals surface area contributed by atoms with Gasteiger partial charge in [0.05, 0.1) is 4.90 Å². The van der Waals surface area contributed by atoms with E-state index in [9.17, 15) is 8.42 Å². The second-order valence-corrected chi connectivity index (χ2v) is 6.96. The molecule has 8 heteroatoms. The number of hydrogen-bond acceptors (Lipinski definition) is 6. The van der Waals surface area contributed by atoms with Crippen molar-refractivity contribution in [2.24, 2.45) is 0 Å². The van der Waals surface area contributed by atoms with Gasteiger partial charge in [0.2, 0.25) is 10.0 Å². The Labute approximate surface area is 148 Å². The quantitative estimate of drug-likeness (QED) is 0.516. The van der Waals surface area contributed by atoms with E-state index in [-0.39, 0.29) is 16.2 Å². The van der Waals surface area contributed by atoms with E-state index in [0.717, 1.165) is 25.7 Å². The molecule has 0 radical (unpaired) electrons. The van der Waals surface area contributed by atoms with Crippen LogP contribution in [0, 0.1) is 34.0 Å². The van der Waals surface area contributed by atoms with Gasteiger partial charge in [-0.2, -0.15) is 15.8 Å². The molecular weight excluding hydrogens is 338 g/mol. The van der Waals surface area contributed by atoms with Gasteiger partial charge in [0.25, 0.3) is 0 Å². The highest BCUT2D eigenvalue weighted by atomic mass is 32.2.